The highest BCUT2D eigenvalue weighted by Gasteiger charge is 2.42. The van der Waals surface area contributed by atoms with Gasteiger partial charge < -0.3 is 14.9 Å². The Morgan fingerprint density at radius 1 is 1.07 bits per heavy atom. The van der Waals surface area contributed by atoms with E-state index in [1.54, 1.807) is 16.6 Å². The Hall–Kier alpha value is -4.27. The summed E-state index contributed by atoms with van der Waals surface area (Å²) in [6.07, 6.45) is 3.32. The van der Waals surface area contributed by atoms with Crippen LogP contribution in [0.4, 0.5) is 10.1 Å². The molecule has 41 heavy (non-hydrogen) atoms. The van der Waals surface area contributed by atoms with E-state index >= 15 is 4.39 Å². The molecule has 1 saturated heterocycles. The van der Waals surface area contributed by atoms with Crippen LogP contribution >= 0.6 is 0 Å². The van der Waals surface area contributed by atoms with Crippen molar-refractivity contribution in [2.24, 2.45) is 5.92 Å². The molecule has 2 aliphatic heterocycles. The topological polar surface area (TPSA) is 91.0 Å². The van der Waals surface area contributed by atoms with Crippen LogP contribution in [0.2, 0.25) is 0 Å². The Labute approximate surface area is 237 Å². The zero-order valence-electron chi connectivity index (χ0n) is 23.2. The first kappa shape index (κ1) is 25.7. The number of carboxylic acids is 1. The molecule has 1 aliphatic carbocycles. The molecular weight excluding hydrogens is 521 g/mol. The molecule has 0 unspecified atom stereocenters. The predicted octanol–water partition coefficient (Wildman–Crippen LogP) is 5.26. The van der Waals surface area contributed by atoms with Gasteiger partial charge >= 0.3 is 5.97 Å². The van der Waals surface area contributed by atoms with Crippen LogP contribution in [0.5, 0.6) is 0 Å². The summed E-state index contributed by atoms with van der Waals surface area (Å²) in [5.74, 6) is -1.80. The summed E-state index contributed by atoms with van der Waals surface area (Å²) >= 11 is 0. The zero-order chi connectivity index (χ0) is 28.5. The van der Waals surface area contributed by atoms with E-state index in [1.807, 2.05) is 34.1 Å². The minimum atomic E-state index is -0.820. The number of aliphatic carboxylic acids is 1. The molecule has 1 amide bonds. The van der Waals surface area contributed by atoms with Gasteiger partial charge in [0.25, 0.3) is 5.91 Å². The predicted molar refractivity (Wildman–Crippen MR) is 153 cm³/mol. The number of halogens is 1. The van der Waals surface area contributed by atoms with Crippen molar-refractivity contribution in [3.63, 3.8) is 0 Å². The number of amides is 1. The second-order valence-electron chi connectivity index (χ2n) is 11.9. The molecule has 7 rings (SSSR count). The normalized spacial score (nSPS) is 21.2. The second kappa shape index (κ2) is 9.39. The highest BCUT2D eigenvalue weighted by atomic mass is 19.1. The van der Waals surface area contributed by atoms with Gasteiger partial charge in [0.15, 0.2) is 5.65 Å². The van der Waals surface area contributed by atoms with Crippen molar-refractivity contribution in [1.29, 1.82) is 0 Å². The molecule has 1 N–H and O–H groups in total. The third-order valence-electron chi connectivity index (χ3n) is 9.25. The third kappa shape index (κ3) is 4.34. The molecule has 2 aromatic carbocycles. The van der Waals surface area contributed by atoms with Gasteiger partial charge in [-0.05, 0) is 68.0 Å². The van der Waals surface area contributed by atoms with E-state index in [9.17, 15) is 14.7 Å². The number of nitrogens with zero attached hydrogens (tertiary/aromatic N) is 5. The summed E-state index contributed by atoms with van der Waals surface area (Å²) < 4.78 is 17.2. The molecule has 0 spiro atoms. The average Bonchev–Trinajstić information content (AvgIpc) is 3.35. The number of hydrogen-bond donors (Lipinski definition) is 1. The van der Waals surface area contributed by atoms with E-state index in [2.05, 4.69) is 26.0 Å². The minimum absolute atomic E-state index is 0.0556. The smallest absolute Gasteiger partial charge is 0.308 e. The number of rotatable bonds is 5. The van der Waals surface area contributed by atoms with Gasteiger partial charge in [0.1, 0.15) is 11.5 Å². The standard InChI is InChI=1S/C32H32FN5O3/c1-19-23-6-4-3-5-20(23)10-14-37(19)30(39)27-16-28(32(2)11-12-32)38-29(34-27)17-26(35-38)24-8-7-22(15-25(24)33)36-13-9-21(18-36)31(40)41/h3-8,15-17,19,21H,9-14,18H2,1-2H3,(H,40,41)/t19-,21+/m1/s1. The van der Waals surface area contributed by atoms with Gasteiger partial charge in [0.2, 0.25) is 0 Å². The van der Waals surface area contributed by atoms with Gasteiger partial charge in [0.05, 0.1) is 23.3 Å². The van der Waals surface area contributed by atoms with Crippen LogP contribution in [0.3, 0.4) is 0 Å². The molecule has 0 radical (unpaired) electrons. The molecule has 1 saturated carbocycles. The number of benzene rings is 2. The first-order valence-electron chi connectivity index (χ1n) is 14.3. The van der Waals surface area contributed by atoms with Crippen LogP contribution in [0.1, 0.15) is 66.5 Å². The molecule has 2 fully saturated rings. The van der Waals surface area contributed by atoms with Crippen LogP contribution in [0, 0.1) is 11.7 Å². The Kier molecular flexibility index (Phi) is 5.88. The molecule has 4 heterocycles. The SMILES string of the molecule is C[C@@H]1c2ccccc2CCN1C(=O)c1cc(C2(C)CC2)n2nc(-c3ccc(N4CC[C@H](C(=O)O)C4)cc3F)cc2n1. The number of hydrogen-bond acceptors (Lipinski definition) is 5. The Morgan fingerprint density at radius 2 is 1.88 bits per heavy atom. The van der Waals surface area contributed by atoms with E-state index in [0.717, 1.165) is 25.0 Å². The lowest BCUT2D eigenvalue weighted by atomic mass is 9.93. The summed E-state index contributed by atoms with van der Waals surface area (Å²) in [6, 6.07) is 16.8. The minimum Gasteiger partial charge on any atom is -0.481 e. The van der Waals surface area contributed by atoms with Gasteiger partial charge in [-0.25, -0.2) is 13.9 Å². The van der Waals surface area contributed by atoms with E-state index in [-0.39, 0.29) is 17.4 Å². The average molecular weight is 554 g/mol. The van der Waals surface area contributed by atoms with Crippen LogP contribution < -0.4 is 4.90 Å². The molecule has 9 heteroatoms. The molecule has 2 aromatic heterocycles. The number of carbonyl (C=O) groups is 2. The molecule has 4 aromatic rings. The Morgan fingerprint density at radius 3 is 2.61 bits per heavy atom. The summed E-state index contributed by atoms with van der Waals surface area (Å²) in [4.78, 5) is 33.7. The highest BCUT2D eigenvalue weighted by molar-refractivity contribution is 5.93. The lowest BCUT2D eigenvalue weighted by Gasteiger charge is -2.35. The van der Waals surface area contributed by atoms with E-state index in [0.29, 0.717) is 54.3 Å². The Bertz CT molecular complexity index is 1710. The number of carbonyl (C=O) groups excluding carboxylic acids is 1. The Balaban J connectivity index is 1.23. The summed E-state index contributed by atoms with van der Waals surface area (Å²) in [5.41, 5.74) is 5.60. The van der Waals surface area contributed by atoms with Crippen molar-refractivity contribution >= 4 is 23.2 Å². The number of carboxylic acid groups (broad SMARTS) is 1. The molecule has 8 nitrogen and oxygen atoms in total. The molecular formula is C32H32FN5O3. The van der Waals surface area contributed by atoms with Crippen LogP contribution in [-0.4, -0.2) is 56.1 Å². The first-order chi connectivity index (χ1) is 19.7. The molecule has 2 atom stereocenters. The molecule has 210 valence electrons. The van der Waals surface area contributed by atoms with Crippen molar-refractivity contribution < 1.29 is 19.1 Å². The fourth-order valence-electron chi connectivity index (χ4n) is 6.39. The summed E-state index contributed by atoms with van der Waals surface area (Å²) in [7, 11) is 0. The number of anilines is 1. The van der Waals surface area contributed by atoms with Crippen LogP contribution in [0.25, 0.3) is 16.9 Å². The van der Waals surface area contributed by atoms with Crippen LogP contribution in [-0.2, 0) is 16.6 Å². The maximum absolute atomic E-state index is 15.5. The second-order valence-corrected chi connectivity index (χ2v) is 11.9. The largest absolute Gasteiger partial charge is 0.481 e. The van der Waals surface area contributed by atoms with Crippen molar-refractivity contribution in [3.8, 4) is 11.3 Å². The van der Waals surface area contributed by atoms with E-state index in [4.69, 9.17) is 10.1 Å². The maximum Gasteiger partial charge on any atom is 0.308 e. The van der Waals surface area contributed by atoms with Crippen molar-refractivity contribution in [1.82, 2.24) is 19.5 Å². The monoisotopic (exact) mass is 553 g/mol. The summed E-state index contributed by atoms with van der Waals surface area (Å²) in [6.45, 7) is 5.79. The van der Waals surface area contributed by atoms with Crippen molar-refractivity contribution in [2.75, 3.05) is 24.5 Å². The van der Waals surface area contributed by atoms with Gasteiger partial charge in [-0.15, -0.1) is 0 Å². The van der Waals surface area contributed by atoms with Crippen molar-refractivity contribution in [2.45, 2.75) is 51.0 Å². The first-order valence-corrected chi connectivity index (χ1v) is 14.3. The lowest BCUT2D eigenvalue weighted by molar-refractivity contribution is -0.140. The third-order valence-corrected chi connectivity index (χ3v) is 9.25. The fourth-order valence-corrected chi connectivity index (χ4v) is 6.39. The van der Waals surface area contributed by atoms with Gasteiger partial charge in [-0.2, -0.15) is 5.10 Å². The van der Waals surface area contributed by atoms with Gasteiger partial charge in [-0.1, -0.05) is 31.2 Å². The quantitative estimate of drug-likeness (QED) is 0.363. The number of aromatic nitrogens is 3. The maximum atomic E-state index is 15.5. The molecule has 3 aliphatic rings. The number of fused-ring (bicyclic) bond motifs is 2. The van der Waals surface area contributed by atoms with E-state index < -0.39 is 17.7 Å². The molecule has 0 bridgehead atoms. The van der Waals surface area contributed by atoms with Crippen molar-refractivity contribution in [3.05, 3.63) is 82.9 Å². The summed E-state index contributed by atoms with van der Waals surface area (Å²) in [5, 5.41) is 14.1. The highest BCUT2D eigenvalue weighted by Crippen LogP contribution is 2.48. The van der Waals surface area contributed by atoms with E-state index in [1.165, 1.54) is 17.2 Å². The lowest BCUT2D eigenvalue weighted by Crippen LogP contribution is -2.39. The fraction of sp³-hybridized carbons (Fsp3) is 0.375. The van der Waals surface area contributed by atoms with Crippen LogP contribution in [0.15, 0.2) is 54.6 Å². The van der Waals surface area contributed by atoms with Gasteiger partial charge in [0, 0.05) is 42.4 Å². The zero-order valence-corrected chi connectivity index (χ0v) is 23.2. The van der Waals surface area contributed by atoms with Gasteiger partial charge in [-0.3, -0.25) is 9.59 Å².